The summed E-state index contributed by atoms with van der Waals surface area (Å²) in [5.74, 6) is 0.162. The monoisotopic (exact) mass is 253 g/mol. The van der Waals surface area contributed by atoms with Crippen molar-refractivity contribution >= 4 is 5.91 Å². The molecule has 2 aromatic carbocycles. The van der Waals surface area contributed by atoms with Crippen molar-refractivity contribution in [3.05, 3.63) is 59.7 Å². The fourth-order valence-electron chi connectivity index (χ4n) is 2.26. The van der Waals surface area contributed by atoms with E-state index in [0.717, 1.165) is 6.42 Å². The topological polar surface area (TPSA) is 43.1 Å². The Hall–Kier alpha value is -2.09. The summed E-state index contributed by atoms with van der Waals surface area (Å²) >= 11 is 0. The van der Waals surface area contributed by atoms with Crippen LogP contribution in [0.4, 0.5) is 0 Å². The normalized spacial score (nSPS) is 10.7. The molecule has 0 aliphatic heterocycles. The summed E-state index contributed by atoms with van der Waals surface area (Å²) in [4.78, 5) is 11.3. The van der Waals surface area contributed by atoms with Crippen LogP contribution in [-0.4, -0.2) is 5.91 Å². The van der Waals surface area contributed by atoms with E-state index in [9.17, 15) is 4.79 Å². The minimum absolute atomic E-state index is 0.371. The van der Waals surface area contributed by atoms with Crippen molar-refractivity contribution in [1.82, 2.24) is 0 Å². The Morgan fingerprint density at radius 2 is 1.79 bits per heavy atom. The van der Waals surface area contributed by atoms with E-state index in [-0.39, 0.29) is 5.91 Å². The third kappa shape index (κ3) is 3.22. The van der Waals surface area contributed by atoms with Crippen LogP contribution < -0.4 is 5.73 Å². The van der Waals surface area contributed by atoms with Crippen LogP contribution >= 0.6 is 0 Å². The summed E-state index contributed by atoms with van der Waals surface area (Å²) in [5.41, 5.74) is 9.48. The summed E-state index contributed by atoms with van der Waals surface area (Å²) in [7, 11) is 0. The Morgan fingerprint density at radius 3 is 2.37 bits per heavy atom. The molecule has 0 aliphatic rings. The highest BCUT2D eigenvalue weighted by molar-refractivity contribution is 5.93. The number of benzene rings is 2. The van der Waals surface area contributed by atoms with Crippen molar-refractivity contribution in [2.75, 3.05) is 0 Å². The van der Waals surface area contributed by atoms with Gasteiger partial charge in [0.15, 0.2) is 0 Å². The van der Waals surface area contributed by atoms with Gasteiger partial charge in [-0.05, 0) is 41.2 Å². The molecule has 0 bridgehead atoms. The molecule has 0 fully saturated rings. The van der Waals surface area contributed by atoms with Gasteiger partial charge >= 0.3 is 0 Å². The van der Waals surface area contributed by atoms with Crippen LogP contribution in [0.3, 0.4) is 0 Å². The second-order valence-corrected chi connectivity index (χ2v) is 5.20. The lowest BCUT2D eigenvalue weighted by molar-refractivity contribution is 0.1000. The molecular formula is C17H19NO. The quantitative estimate of drug-likeness (QED) is 0.888. The number of rotatable bonds is 4. The average molecular weight is 253 g/mol. The zero-order valence-corrected chi connectivity index (χ0v) is 11.4. The third-order valence-corrected chi connectivity index (χ3v) is 3.10. The van der Waals surface area contributed by atoms with Gasteiger partial charge in [0.2, 0.25) is 5.91 Å². The molecule has 19 heavy (non-hydrogen) atoms. The van der Waals surface area contributed by atoms with Gasteiger partial charge in [-0.1, -0.05) is 50.2 Å². The third-order valence-electron chi connectivity index (χ3n) is 3.10. The molecule has 2 nitrogen and oxygen atoms in total. The van der Waals surface area contributed by atoms with Gasteiger partial charge < -0.3 is 5.73 Å². The number of hydrogen-bond acceptors (Lipinski definition) is 1. The molecule has 0 saturated carbocycles. The molecule has 0 aliphatic carbocycles. The number of carbonyl (C=O) groups is 1. The number of carbonyl (C=O) groups excluding carboxylic acids is 1. The molecule has 0 unspecified atom stereocenters. The standard InChI is InChI=1S/C17H19NO/c1-12(2)10-15-11-14(17(18)19)8-9-16(15)13-6-4-3-5-7-13/h3-9,11-12H,10H2,1-2H3,(H2,18,19). The molecule has 2 N–H and O–H groups in total. The van der Waals surface area contributed by atoms with Crippen LogP contribution in [-0.2, 0) is 6.42 Å². The van der Waals surface area contributed by atoms with Crippen LogP contribution in [0.1, 0.15) is 29.8 Å². The van der Waals surface area contributed by atoms with Crippen molar-refractivity contribution < 1.29 is 4.79 Å². The van der Waals surface area contributed by atoms with Crippen molar-refractivity contribution in [3.63, 3.8) is 0 Å². The first kappa shape index (κ1) is 13.3. The Balaban J connectivity index is 2.51. The Kier molecular flexibility index (Phi) is 4.00. The van der Waals surface area contributed by atoms with Gasteiger partial charge in [0.1, 0.15) is 0 Å². The molecule has 0 heterocycles. The Morgan fingerprint density at radius 1 is 1.11 bits per heavy atom. The van der Waals surface area contributed by atoms with E-state index in [1.807, 2.05) is 30.3 Å². The molecule has 1 amide bonds. The van der Waals surface area contributed by atoms with Crippen molar-refractivity contribution in [2.45, 2.75) is 20.3 Å². The van der Waals surface area contributed by atoms with Crippen LogP contribution in [0.25, 0.3) is 11.1 Å². The maximum Gasteiger partial charge on any atom is 0.248 e. The van der Waals surface area contributed by atoms with Gasteiger partial charge in [0, 0.05) is 5.56 Å². The maximum atomic E-state index is 11.3. The van der Waals surface area contributed by atoms with Crippen LogP contribution in [0.2, 0.25) is 0 Å². The molecule has 2 aromatic rings. The van der Waals surface area contributed by atoms with E-state index in [2.05, 4.69) is 26.0 Å². The second-order valence-electron chi connectivity index (χ2n) is 5.20. The lowest BCUT2D eigenvalue weighted by Gasteiger charge is -2.13. The van der Waals surface area contributed by atoms with Crippen LogP contribution in [0, 0.1) is 5.92 Å². The Labute approximate surface area is 114 Å². The van der Waals surface area contributed by atoms with Gasteiger partial charge in [-0.15, -0.1) is 0 Å². The lowest BCUT2D eigenvalue weighted by Crippen LogP contribution is -2.11. The number of nitrogens with two attached hydrogens (primary N) is 1. The molecular weight excluding hydrogens is 234 g/mol. The summed E-state index contributed by atoms with van der Waals surface area (Å²) in [6.07, 6.45) is 0.936. The van der Waals surface area contributed by atoms with Crippen LogP contribution in [0.15, 0.2) is 48.5 Å². The molecule has 0 atom stereocenters. The highest BCUT2D eigenvalue weighted by atomic mass is 16.1. The number of hydrogen-bond donors (Lipinski definition) is 1. The van der Waals surface area contributed by atoms with E-state index in [4.69, 9.17) is 5.73 Å². The minimum atomic E-state index is -0.371. The predicted molar refractivity (Wildman–Crippen MR) is 78.9 cm³/mol. The fraction of sp³-hybridized carbons (Fsp3) is 0.235. The average Bonchev–Trinajstić information content (AvgIpc) is 2.39. The van der Waals surface area contributed by atoms with E-state index < -0.39 is 0 Å². The SMILES string of the molecule is CC(C)Cc1cc(C(N)=O)ccc1-c1ccccc1. The maximum absolute atomic E-state index is 11.3. The van der Waals surface area contributed by atoms with Crippen molar-refractivity contribution in [1.29, 1.82) is 0 Å². The predicted octanol–water partition coefficient (Wildman–Crippen LogP) is 3.65. The van der Waals surface area contributed by atoms with E-state index in [1.54, 1.807) is 6.07 Å². The van der Waals surface area contributed by atoms with Gasteiger partial charge in [-0.3, -0.25) is 4.79 Å². The molecule has 2 rings (SSSR count). The molecule has 2 heteroatoms. The highest BCUT2D eigenvalue weighted by Gasteiger charge is 2.10. The summed E-state index contributed by atoms with van der Waals surface area (Å²) < 4.78 is 0. The summed E-state index contributed by atoms with van der Waals surface area (Å²) in [6.45, 7) is 4.34. The number of primary amides is 1. The van der Waals surface area contributed by atoms with E-state index in [1.165, 1.54) is 16.7 Å². The number of amides is 1. The zero-order chi connectivity index (χ0) is 13.8. The molecule has 0 aromatic heterocycles. The van der Waals surface area contributed by atoms with Crippen LogP contribution in [0.5, 0.6) is 0 Å². The first-order chi connectivity index (χ1) is 9.08. The van der Waals surface area contributed by atoms with Gasteiger partial charge in [0.05, 0.1) is 0 Å². The summed E-state index contributed by atoms with van der Waals surface area (Å²) in [5, 5.41) is 0. The Bertz CT molecular complexity index is 573. The van der Waals surface area contributed by atoms with Gasteiger partial charge in [-0.25, -0.2) is 0 Å². The van der Waals surface area contributed by atoms with Gasteiger partial charge in [0.25, 0.3) is 0 Å². The lowest BCUT2D eigenvalue weighted by atomic mass is 9.92. The fourth-order valence-corrected chi connectivity index (χ4v) is 2.26. The first-order valence-corrected chi connectivity index (χ1v) is 6.56. The van der Waals surface area contributed by atoms with Gasteiger partial charge in [-0.2, -0.15) is 0 Å². The minimum Gasteiger partial charge on any atom is -0.366 e. The molecule has 0 spiro atoms. The molecule has 0 saturated heterocycles. The highest BCUT2D eigenvalue weighted by Crippen LogP contribution is 2.26. The molecule has 98 valence electrons. The smallest absolute Gasteiger partial charge is 0.248 e. The molecule has 0 radical (unpaired) electrons. The largest absolute Gasteiger partial charge is 0.366 e. The zero-order valence-electron chi connectivity index (χ0n) is 11.4. The summed E-state index contributed by atoms with van der Waals surface area (Å²) in [6, 6.07) is 15.9. The van der Waals surface area contributed by atoms with Crippen molar-refractivity contribution in [2.24, 2.45) is 11.7 Å². The van der Waals surface area contributed by atoms with E-state index >= 15 is 0 Å². The van der Waals surface area contributed by atoms with Crippen molar-refractivity contribution in [3.8, 4) is 11.1 Å². The second kappa shape index (κ2) is 5.70. The van der Waals surface area contributed by atoms with E-state index in [0.29, 0.717) is 11.5 Å². The first-order valence-electron chi connectivity index (χ1n) is 6.56.